The van der Waals surface area contributed by atoms with E-state index in [4.69, 9.17) is 0 Å². The van der Waals surface area contributed by atoms with Gasteiger partial charge in [0, 0.05) is 4.47 Å². The van der Waals surface area contributed by atoms with Crippen LogP contribution in [0.15, 0.2) is 28.7 Å². The van der Waals surface area contributed by atoms with Crippen molar-refractivity contribution in [2.24, 2.45) is 7.05 Å². The molecule has 2 aromatic rings. The number of aromatic nitrogens is 4. The fraction of sp³-hybridized carbons (Fsp3) is 0.300. The monoisotopic (exact) mass is 345 g/mol. The topological polar surface area (TPSA) is 81.0 Å². The highest BCUT2D eigenvalue weighted by molar-refractivity contribution is 9.10. The van der Waals surface area contributed by atoms with Crippen molar-refractivity contribution in [3.05, 3.63) is 34.6 Å². The van der Waals surface area contributed by atoms with Gasteiger partial charge in [0.25, 0.3) is 0 Å². The summed E-state index contributed by atoms with van der Waals surface area (Å²) in [6.45, 7) is 0.0448. The largest absolute Gasteiger partial charge is 0.263 e. The van der Waals surface area contributed by atoms with E-state index in [0.29, 0.717) is 11.5 Å². The molecular weight excluding hydrogens is 334 g/mol. The Kier molecular flexibility index (Phi) is 3.85. The minimum absolute atomic E-state index is 0.0448. The van der Waals surface area contributed by atoms with Crippen molar-refractivity contribution in [1.82, 2.24) is 20.2 Å². The van der Waals surface area contributed by atoms with Crippen LogP contribution in [-0.2, 0) is 23.6 Å². The Balaban J connectivity index is 2.37. The number of anilines is 1. The third-order valence-electron chi connectivity index (χ3n) is 2.33. The minimum Gasteiger partial charge on any atom is -0.263 e. The van der Waals surface area contributed by atoms with E-state index in [9.17, 15) is 8.42 Å². The summed E-state index contributed by atoms with van der Waals surface area (Å²) >= 11 is 3.32. The smallest absolute Gasteiger partial charge is 0.232 e. The maximum Gasteiger partial charge on any atom is 0.232 e. The summed E-state index contributed by atoms with van der Waals surface area (Å²) in [5.74, 6) is 0.341. The fourth-order valence-corrected chi connectivity index (χ4v) is 2.78. The van der Waals surface area contributed by atoms with Gasteiger partial charge in [-0.1, -0.05) is 22.0 Å². The van der Waals surface area contributed by atoms with Gasteiger partial charge in [-0.15, -0.1) is 10.2 Å². The summed E-state index contributed by atoms with van der Waals surface area (Å²) in [4.78, 5) is 1.29. The summed E-state index contributed by atoms with van der Waals surface area (Å²) in [7, 11) is -1.80. The van der Waals surface area contributed by atoms with E-state index in [0.717, 1.165) is 10.7 Å². The molecule has 0 saturated carbocycles. The predicted molar refractivity (Wildman–Crippen MR) is 74.0 cm³/mol. The van der Waals surface area contributed by atoms with E-state index in [1.807, 2.05) is 6.07 Å². The quantitative estimate of drug-likeness (QED) is 0.823. The Labute approximate surface area is 119 Å². The first-order valence-electron chi connectivity index (χ1n) is 5.32. The van der Waals surface area contributed by atoms with E-state index in [2.05, 4.69) is 31.3 Å². The van der Waals surface area contributed by atoms with Gasteiger partial charge in [-0.3, -0.25) is 4.31 Å². The molecule has 1 aromatic heterocycles. The Bertz CT molecular complexity index is 685. The molecule has 0 aliphatic carbocycles. The van der Waals surface area contributed by atoms with Crippen LogP contribution >= 0.6 is 15.9 Å². The molecule has 1 heterocycles. The molecule has 0 saturated heterocycles. The average molecular weight is 346 g/mol. The zero-order valence-electron chi connectivity index (χ0n) is 10.4. The van der Waals surface area contributed by atoms with Gasteiger partial charge < -0.3 is 0 Å². The molecule has 0 bridgehead atoms. The molecule has 2 rings (SSSR count). The zero-order chi connectivity index (χ0) is 14.0. The summed E-state index contributed by atoms with van der Waals surface area (Å²) < 4.78 is 25.8. The molecule has 0 aliphatic heterocycles. The molecule has 7 nitrogen and oxygen atoms in total. The van der Waals surface area contributed by atoms with Crippen LogP contribution in [0.25, 0.3) is 0 Å². The lowest BCUT2D eigenvalue weighted by Crippen LogP contribution is -2.29. The van der Waals surface area contributed by atoms with Gasteiger partial charge in [0.15, 0.2) is 5.82 Å². The molecule has 0 unspecified atom stereocenters. The zero-order valence-corrected chi connectivity index (χ0v) is 12.8. The number of sulfonamides is 1. The van der Waals surface area contributed by atoms with Crippen molar-refractivity contribution in [3.8, 4) is 0 Å². The number of hydrogen-bond acceptors (Lipinski definition) is 5. The highest BCUT2D eigenvalue weighted by Crippen LogP contribution is 2.23. The Hall–Kier alpha value is -1.48. The van der Waals surface area contributed by atoms with Crippen LogP contribution in [0.4, 0.5) is 5.69 Å². The standard InChI is InChI=1S/C10H12BrN5O2S/c1-15-13-10(12-14-15)7-16(19(2,17)18)9-5-3-4-8(11)6-9/h3-6H,7H2,1-2H3. The molecule has 0 N–H and O–H groups in total. The van der Waals surface area contributed by atoms with Crippen LogP contribution in [0, 0.1) is 0 Å². The predicted octanol–water partition coefficient (Wildman–Crippen LogP) is 0.939. The van der Waals surface area contributed by atoms with Crippen molar-refractivity contribution in [2.45, 2.75) is 6.54 Å². The van der Waals surface area contributed by atoms with Gasteiger partial charge in [-0.25, -0.2) is 8.42 Å². The number of tetrazole rings is 1. The summed E-state index contributed by atoms with van der Waals surface area (Å²) in [5.41, 5.74) is 0.546. The second kappa shape index (κ2) is 5.25. The summed E-state index contributed by atoms with van der Waals surface area (Å²) in [6, 6.07) is 7.02. The van der Waals surface area contributed by atoms with Crippen LogP contribution < -0.4 is 4.31 Å². The molecule has 0 aliphatic rings. The van der Waals surface area contributed by atoms with E-state index >= 15 is 0 Å². The van der Waals surface area contributed by atoms with E-state index in [1.54, 1.807) is 25.2 Å². The molecule has 0 atom stereocenters. The number of rotatable bonds is 4. The van der Waals surface area contributed by atoms with Crippen LogP contribution in [0.2, 0.25) is 0 Å². The molecular formula is C10H12BrN5O2S. The second-order valence-corrected chi connectivity index (χ2v) is 6.77. The van der Waals surface area contributed by atoms with Gasteiger partial charge in [-0.05, 0) is 23.4 Å². The highest BCUT2D eigenvalue weighted by Gasteiger charge is 2.20. The molecule has 0 fully saturated rings. The Morgan fingerprint density at radius 2 is 2.16 bits per heavy atom. The Morgan fingerprint density at radius 1 is 1.42 bits per heavy atom. The SMILES string of the molecule is Cn1nnc(CN(c2cccc(Br)c2)S(C)(=O)=O)n1. The molecule has 0 radical (unpaired) electrons. The number of benzene rings is 1. The number of aryl methyl sites for hydroxylation is 1. The third kappa shape index (κ3) is 3.51. The van der Waals surface area contributed by atoms with Crippen molar-refractivity contribution < 1.29 is 8.42 Å². The summed E-state index contributed by atoms with van der Waals surface area (Å²) in [6.07, 6.45) is 1.14. The van der Waals surface area contributed by atoms with Crippen LogP contribution in [0.5, 0.6) is 0 Å². The number of nitrogens with zero attached hydrogens (tertiary/aromatic N) is 5. The lowest BCUT2D eigenvalue weighted by atomic mass is 10.3. The molecule has 0 spiro atoms. The fourth-order valence-electron chi connectivity index (χ4n) is 1.55. The first-order chi connectivity index (χ1) is 8.86. The van der Waals surface area contributed by atoms with Gasteiger partial charge in [-0.2, -0.15) is 4.80 Å². The molecule has 19 heavy (non-hydrogen) atoms. The summed E-state index contributed by atoms with van der Waals surface area (Å²) in [5, 5.41) is 11.5. The number of hydrogen-bond donors (Lipinski definition) is 0. The highest BCUT2D eigenvalue weighted by atomic mass is 79.9. The normalized spacial score (nSPS) is 11.5. The average Bonchev–Trinajstić information content (AvgIpc) is 2.70. The maximum absolute atomic E-state index is 11.9. The van der Waals surface area contributed by atoms with Gasteiger partial charge >= 0.3 is 0 Å². The Morgan fingerprint density at radius 3 is 2.68 bits per heavy atom. The van der Waals surface area contributed by atoms with Gasteiger partial charge in [0.2, 0.25) is 10.0 Å². The van der Waals surface area contributed by atoms with Gasteiger partial charge in [0.05, 0.1) is 25.5 Å². The first-order valence-corrected chi connectivity index (χ1v) is 7.96. The first kappa shape index (κ1) is 13.9. The van der Waals surface area contributed by atoms with Gasteiger partial charge in [0.1, 0.15) is 0 Å². The minimum atomic E-state index is -3.43. The molecule has 0 amide bonds. The molecule has 1 aromatic carbocycles. The number of halogens is 1. The van der Waals surface area contributed by atoms with Crippen LogP contribution in [0.3, 0.4) is 0 Å². The molecule has 9 heteroatoms. The van der Waals surface area contributed by atoms with Crippen LogP contribution in [0.1, 0.15) is 5.82 Å². The van der Waals surface area contributed by atoms with Crippen LogP contribution in [-0.4, -0.2) is 34.9 Å². The third-order valence-corrected chi connectivity index (χ3v) is 3.97. The molecule has 102 valence electrons. The van der Waals surface area contributed by atoms with E-state index in [-0.39, 0.29) is 6.54 Å². The van der Waals surface area contributed by atoms with Crippen molar-refractivity contribution in [2.75, 3.05) is 10.6 Å². The second-order valence-electron chi connectivity index (χ2n) is 3.94. The maximum atomic E-state index is 11.9. The van der Waals surface area contributed by atoms with E-state index in [1.165, 1.54) is 9.10 Å². The van der Waals surface area contributed by atoms with Crippen molar-refractivity contribution >= 4 is 31.6 Å². The lowest BCUT2D eigenvalue weighted by molar-refractivity contribution is 0.594. The van der Waals surface area contributed by atoms with E-state index < -0.39 is 10.0 Å². The van der Waals surface area contributed by atoms with Crippen molar-refractivity contribution in [1.29, 1.82) is 0 Å². The lowest BCUT2D eigenvalue weighted by Gasteiger charge is -2.20. The van der Waals surface area contributed by atoms with Crippen molar-refractivity contribution in [3.63, 3.8) is 0 Å².